The Morgan fingerprint density at radius 1 is 1.32 bits per heavy atom. The van der Waals surface area contributed by atoms with Gasteiger partial charge in [0.1, 0.15) is 5.82 Å². The molecule has 0 spiro atoms. The SMILES string of the molecule is COc1ccc2ncc(F)c(CCN3CCC(C)CC3)c2n1. The molecule has 1 aliphatic heterocycles. The van der Waals surface area contributed by atoms with E-state index in [4.69, 9.17) is 4.74 Å². The monoisotopic (exact) mass is 303 g/mol. The predicted molar refractivity (Wildman–Crippen MR) is 84.6 cm³/mol. The second-order valence-electron chi connectivity index (χ2n) is 6.08. The molecule has 0 aromatic carbocycles. The van der Waals surface area contributed by atoms with Crippen LogP contribution in [0.1, 0.15) is 25.3 Å². The summed E-state index contributed by atoms with van der Waals surface area (Å²) < 4.78 is 19.4. The number of aromatic nitrogens is 2. The number of hydrogen-bond acceptors (Lipinski definition) is 4. The predicted octanol–water partition coefficient (Wildman–Crippen LogP) is 3.05. The maximum atomic E-state index is 14.2. The van der Waals surface area contributed by atoms with Gasteiger partial charge >= 0.3 is 0 Å². The largest absolute Gasteiger partial charge is 0.481 e. The highest BCUT2D eigenvalue weighted by atomic mass is 19.1. The third kappa shape index (κ3) is 3.19. The van der Waals surface area contributed by atoms with Crippen molar-refractivity contribution in [3.63, 3.8) is 0 Å². The lowest BCUT2D eigenvalue weighted by atomic mass is 9.99. The molecule has 0 radical (unpaired) electrons. The summed E-state index contributed by atoms with van der Waals surface area (Å²) in [6.07, 6.45) is 4.40. The molecule has 1 aliphatic rings. The van der Waals surface area contributed by atoms with Crippen LogP contribution < -0.4 is 4.74 Å². The average molecular weight is 303 g/mol. The normalized spacial score (nSPS) is 17.0. The van der Waals surface area contributed by atoms with E-state index in [1.165, 1.54) is 19.0 Å². The van der Waals surface area contributed by atoms with E-state index < -0.39 is 0 Å². The fourth-order valence-electron chi connectivity index (χ4n) is 2.98. The molecule has 4 nitrogen and oxygen atoms in total. The summed E-state index contributed by atoms with van der Waals surface area (Å²) in [7, 11) is 1.56. The molecule has 1 fully saturated rings. The van der Waals surface area contributed by atoms with E-state index in [9.17, 15) is 4.39 Å². The zero-order chi connectivity index (χ0) is 15.5. The Kier molecular flexibility index (Phi) is 4.52. The van der Waals surface area contributed by atoms with Crippen molar-refractivity contribution in [2.75, 3.05) is 26.7 Å². The van der Waals surface area contributed by atoms with Crippen molar-refractivity contribution in [1.29, 1.82) is 0 Å². The number of rotatable bonds is 4. The highest BCUT2D eigenvalue weighted by Gasteiger charge is 2.17. The lowest BCUT2D eigenvalue weighted by Gasteiger charge is -2.30. The molecule has 5 heteroatoms. The molecule has 2 aromatic heterocycles. The Morgan fingerprint density at radius 3 is 2.82 bits per heavy atom. The highest BCUT2D eigenvalue weighted by molar-refractivity contribution is 5.78. The summed E-state index contributed by atoms with van der Waals surface area (Å²) >= 11 is 0. The molecular formula is C17H22FN3O. The van der Waals surface area contributed by atoms with Gasteiger partial charge in [0.2, 0.25) is 5.88 Å². The zero-order valence-electron chi connectivity index (χ0n) is 13.2. The Morgan fingerprint density at radius 2 is 2.09 bits per heavy atom. The molecule has 3 rings (SSSR count). The third-order valence-corrected chi connectivity index (χ3v) is 4.50. The van der Waals surface area contributed by atoms with Crippen molar-refractivity contribution in [3.8, 4) is 5.88 Å². The van der Waals surface area contributed by atoms with Gasteiger partial charge in [0, 0.05) is 18.2 Å². The van der Waals surface area contributed by atoms with Gasteiger partial charge in [-0.25, -0.2) is 9.37 Å². The molecule has 0 saturated carbocycles. The smallest absolute Gasteiger partial charge is 0.213 e. The second kappa shape index (κ2) is 6.57. The van der Waals surface area contributed by atoms with Crippen LogP contribution in [0.4, 0.5) is 4.39 Å². The first-order chi connectivity index (χ1) is 10.7. The number of halogens is 1. The van der Waals surface area contributed by atoms with Crippen molar-refractivity contribution in [1.82, 2.24) is 14.9 Å². The van der Waals surface area contributed by atoms with Crippen molar-refractivity contribution in [2.24, 2.45) is 5.92 Å². The van der Waals surface area contributed by atoms with Crippen LogP contribution in [0.5, 0.6) is 5.88 Å². The molecule has 0 aliphatic carbocycles. The van der Waals surface area contributed by atoms with Gasteiger partial charge in [-0.3, -0.25) is 4.98 Å². The van der Waals surface area contributed by atoms with Crippen LogP contribution in [-0.2, 0) is 6.42 Å². The number of nitrogens with zero attached hydrogens (tertiary/aromatic N) is 3. The van der Waals surface area contributed by atoms with Crippen LogP contribution in [0.15, 0.2) is 18.3 Å². The first-order valence-corrected chi connectivity index (χ1v) is 7.88. The number of likely N-dealkylation sites (tertiary alicyclic amines) is 1. The summed E-state index contributed by atoms with van der Waals surface area (Å²) in [5.74, 6) is 1.02. The number of pyridine rings is 2. The molecule has 2 aromatic rings. The number of ether oxygens (including phenoxy) is 1. The van der Waals surface area contributed by atoms with E-state index in [2.05, 4.69) is 21.8 Å². The number of piperidine rings is 1. The Balaban J connectivity index is 1.81. The van der Waals surface area contributed by atoms with E-state index in [0.29, 0.717) is 28.9 Å². The van der Waals surface area contributed by atoms with E-state index in [1.54, 1.807) is 13.2 Å². The van der Waals surface area contributed by atoms with Crippen LogP contribution in [0.25, 0.3) is 11.0 Å². The van der Waals surface area contributed by atoms with Gasteiger partial charge in [0.25, 0.3) is 0 Å². The van der Waals surface area contributed by atoms with Gasteiger partial charge in [-0.2, -0.15) is 0 Å². The molecule has 0 N–H and O–H groups in total. The molecule has 1 saturated heterocycles. The fraction of sp³-hybridized carbons (Fsp3) is 0.529. The van der Waals surface area contributed by atoms with Gasteiger partial charge in [-0.15, -0.1) is 0 Å². The van der Waals surface area contributed by atoms with Gasteiger partial charge in [0.05, 0.1) is 24.3 Å². The molecule has 3 heterocycles. The van der Waals surface area contributed by atoms with Crippen LogP contribution in [0.2, 0.25) is 0 Å². The van der Waals surface area contributed by atoms with Gasteiger partial charge in [0.15, 0.2) is 0 Å². The molecule has 0 atom stereocenters. The van der Waals surface area contributed by atoms with Crippen LogP contribution in [0, 0.1) is 11.7 Å². The summed E-state index contributed by atoms with van der Waals surface area (Å²) in [6, 6.07) is 3.58. The summed E-state index contributed by atoms with van der Waals surface area (Å²) in [6.45, 7) is 5.36. The van der Waals surface area contributed by atoms with E-state index >= 15 is 0 Å². The molecule has 22 heavy (non-hydrogen) atoms. The standard InChI is InChI=1S/C17H22FN3O/c1-12-5-8-21(9-6-12)10-7-13-14(18)11-19-15-3-4-16(22-2)20-17(13)15/h3-4,11-12H,5-10H2,1-2H3. The van der Waals surface area contributed by atoms with Gasteiger partial charge in [-0.05, 0) is 44.3 Å². The quantitative estimate of drug-likeness (QED) is 0.870. The minimum Gasteiger partial charge on any atom is -0.481 e. The van der Waals surface area contributed by atoms with Crippen LogP contribution in [0.3, 0.4) is 0 Å². The topological polar surface area (TPSA) is 38.2 Å². The Hall–Kier alpha value is -1.75. The van der Waals surface area contributed by atoms with Crippen molar-refractivity contribution in [3.05, 3.63) is 29.7 Å². The highest BCUT2D eigenvalue weighted by Crippen LogP contribution is 2.22. The summed E-state index contributed by atoms with van der Waals surface area (Å²) in [4.78, 5) is 10.9. The number of methoxy groups -OCH3 is 1. The summed E-state index contributed by atoms with van der Waals surface area (Å²) in [5, 5.41) is 0. The minimum absolute atomic E-state index is 0.279. The molecule has 0 bridgehead atoms. The van der Waals surface area contributed by atoms with Crippen LogP contribution in [-0.4, -0.2) is 41.6 Å². The number of hydrogen-bond donors (Lipinski definition) is 0. The average Bonchev–Trinajstić information content (AvgIpc) is 2.55. The first-order valence-electron chi connectivity index (χ1n) is 7.88. The van der Waals surface area contributed by atoms with E-state index in [1.807, 2.05) is 6.07 Å². The maximum absolute atomic E-state index is 14.2. The fourth-order valence-corrected chi connectivity index (χ4v) is 2.98. The van der Waals surface area contributed by atoms with Crippen molar-refractivity contribution < 1.29 is 9.13 Å². The van der Waals surface area contributed by atoms with E-state index in [-0.39, 0.29) is 5.82 Å². The zero-order valence-corrected chi connectivity index (χ0v) is 13.2. The third-order valence-electron chi connectivity index (χ3n) is 4.50. The van der Waals surface area contributed by atoms with Gasteiger partial charge in [-0.1, -0.05) is 6.92 Å². The van der Waals surface area contributed by atoms with Crippen molar-refractivity contribution >= 4 is 11.0 Å². The second-order valence-corrected chi connectivity index (χ2v) is 6.08. The van der Waals surface area contributed by atoms with E-state index in [0.717, 1.165) is 25.6 Å². The first kappa shape index (κ1) is 15.2. The summed E-state index contributed by atoms with van der Waals surface area (Å²) in [5.41, 5.74) is 1.97. The lowest BCUT2D eigenvalue weighted by Crippen LogP contribution is -2.34. The Labute approximate surface area is 130 Å². The Bertz CT molecular complexity index is 654. The maximum Gasteiger partial charge on any atom is 0.213 e. The van der Waals surface area contributed by atoms with Crippen molar-refractivity contribution in [2.45, 2.75) is 26.2 Å². The van der Waals surface area contributed by atoms with Crippen LogP contribution >= 0.6 is 0 Å². The number of fused-ring (bicyclic) bond motifs is 1. The minimum atomic E-state index is -0.279. The molecule has 0 amide bonds. The van der Waals surface area contributed by atoms with Gasteiger partial charge < -0.3 is 9.64 Å². The molecule has 0 unspecified atom stereocenters. The lowest BCUT2D eigenvalue weighted by molar-refractivity contribution is 0.194. The molecule has 118 valence electrons. The molecular weight excluding hydrogens is 281 g/mol.